The molecule has 3 N–H and O–H groups in total. The fourth-order valence-corrected chi connectivity index (χ4v) is 3.07. The lowest BCUT2D eigenvalue weighted by atomic mass is 10.1. The molecule has 0 heterocycles. The maximum absolute atomic E-state index is 12.0. The highest BCUT2D eigenvalue weighted by Gasteiger charge is 2.27. The third-order valence-electron chi connectivity index (χ3n) is 2.78. The molecule has 0 aliphatic rings. The molecule has 0 radical (unpaired) electrons. The van der Waals surface area contributed by atoms with Crippen LogP contribution >= 0.6 is 0 Å². The van der Waals surface area contributed by atoms with E-state index in [2.05, 4.69) is 4.72 Å². The fourth-order valence-electron chi connectivity index (χ4n) is 1.43. The Bertz CT molecular complexity index is 287. The largest absolute Gasteiger partial charge is 0.380 e. The van der Waals surface area contributed by atoms with Crippen molar-refractivity contribution in [1.29, 1.82) is 0 Å². The number of ether oxygens (including phenoxy) is 1. The van der Waals surface area contributed by atoms with Gasteiger partial charge in [0.2, 0.25) is 10.0 Å². The highest BCUT2D eigenvalue weighted by atomic mass is 32.2. The van der Waals surface area contributed by atoms with Gasteiger partial charge in [0, 0.05) is 19.2 Å². The van der Waals surface area contributed by atoms with E-state index in [1.807, 2.05) is 27.7 Å². The summed E-state index contributed by atoms with van der Waals surface area (Å²) < 4.78 is 32.0. The molecule has 17 heavy (non-hydrogen) atoms. The highest BCUT2D eigenvalue weighted by molar-refractivity contribution is 7.90. The van der Waals surface area contributed by atoms with Crippen LogP contribution in [-0.4, -0.2) is 39.5 Å². The first-order valence-electron chi connectivity index (χ1n) is 6.17. The molecule has 0 rings (SSSR count). The molecule has 0 bridgehead atoms. The lowest BCUT2D eigenvalue weighted by Gasteiger charge is -2.24. The van der Waals surface area contributed by atoms with Gasteiger partial charge in [-0.25, -0.2) is 13.1 Å². The molecular formula is C11H26N2O3S. The minimum atomic E-state index is -3.35. The summed E-state index contributed by atoms with van der Waals surface area (Å²) in [5.41, 5.74) is 5.47. The van der Waals surface area contributed by atoms with Gasteiger partial charge in [-0.3, -0.25) is 0 Å². The highest BCUT2D eigenvalue weighted by Crippen LogP contribution is 2.09. The van der Waals surface area contributed by atoms with Crippen molar-refractivity contribution in [3.8, 4) is 0 Å². The van der Waals surface area contributed by atoms with E-state index in [1.165, 1.54) is 0 Å². The molecule has 0 aliphatic heterocycles. The van der Waals surface area contributed by atoms with Crippen LogP contribution in [0.3, 0.4) is 0 Å². The maximum atomic E-state index is 12.0. The van der Waals surface area contributed by atoms with Gasteiger partial charge in [0.05, 0.1) is 11.9 Å². The fraction of sp³-hybridized carbons (Fsp3) is 1.00. The summed E-state index contributed by atoms with van der Waals surface area (Å²) in [5.74, 6) is 0.187. The summed E-state index contributed by atoms with van der Waals surface area (Å²) in [4.78, 5) is 0. The van der Waals surface area contributed by atoms with Crippen LogP contribution < -0.4 is 10.5 Å². The first-order chi connectivity index (χ1) is 7.88. The molecule has 0 fully saturated rings. The first-order valence-corrected chi connectivity index (χ1v) is 7.72. The van der Waals surface area contributed by atoms with Crippen LogP contribution in [0.5, 0.6) is 0 Å². The summed E-state index contributed by atoms with van der Waals surface area (Å²) in [6.45, 7) is 8.77. The van der Waals surface area contributed by atoms with Crippen LogP contribution in [0.2, 0.25) is 0 Å². The lowest BCUT2D eigenvalue weighted by molar-refractivity contribution is 0.116. The van der Waals surface area contributed by atoms with Crippen molar-refractivity contribution < 1.29 is 13.2 Å². The molecule has 0 aromatic rings. The molecule has 2 atom stereocenters. The van der Waals surface area contributed by atoms with Gasteiger partial charge in [-0.05, 0) is 19.3 Å². The molecule has 5 nitrogen and oxygen atoms in total. The molecule has 0 spiro atoms. The molecule has 0 saturated carbocycles. The molecule has 0 aliphatic carbocycles. The number of nitrogens with one attached hydrogen (secondary N) is 1. The molecular weight excluding hydrogens is 240 g/mol. The smallest absolute Gasteiger partial charge is 0.216 e. The second-order valence-electron chi connectivity index (χ2n) is 4.44. The van der Waals surface area contributed by atoms with E-state index in [-0.39, 0.29) is 18.5 Å². The maximum Gasteiger partial charge on any atom is 0.216 e. The number of hydrogen-bond donors (Lipinski definition) is 2. The van der Waals surface area contributed by atoms with E-state index >= 15 is 0 Å². The van der Waals surface area contributed by atoms with Crippen molar-refractivity contribution in [3.63, 3.8) is 0 Å². The van der Waals surface area contributed by atoms with Gasteiger partial charge in [-0.1, -0.05) is 20.8 Å². The zero-order valence-corrected chi connectivity index (χ0v) is 12.1. The van der Waals surface area contributed by atoms with Gasteiger partial charge in [0.1, 0.15) is 0 Å². The zero-order valence-electron chi connectivity index (χ0n) is 11.3. The Morgan fingerprint density at radius 3 is 2.24 bits per heavy atom. The molecule has 104 valence electrons. The van der Waals surface area contributed by atoms with E-state index in [9.17, 15) is 8.42 Å². The standard InChI is InChI=1S/C11H26N2O3S/c1-5-10(7-12)17(14,15)13-11(9(3)4)8-16-6-2/h9-11,13H,5-8,12H2,1-4H3. The third kappa shape index (κ3) is 5.81. The van der Waals surface area contributed by atoms with Crippen LogP contribution in [0, 0.1) is 5.92 Å². The van der Waals surface area contributed by atoms with Gasteiger partial charge in [0.25, 0.3) is 0 Å². The SMILES string of the molecule is CCOCC(NS(=O)(=O)C(CC)CN)C(C)C. The van der Waals surface area contributed by atoms with E-state index in [1.54, 1.807) is 0 Å². The van der Waals surface area contributed by atoms with Crippen molar-refractivity contribution in [3.05, 3.63) is 0 Å². The van der Waals surface area contributed by atoms with Gasteiger partial charge in [-0.2, -0.15) is 0 Å². The van der Waals surface area contributed by atoms with E-state index in [0.29, 0.717) is 19.6 Å². The Balaban J connectivity index is 4.62. The summed E-state index contributed by atoms with van der Waals surface area (Å²) in [6, 6.07) is -0.194. The van der Waals surface area contributed by atoms with Gasteiger partial charge < -0.3 is 10.5 Å². The summed E-state index contributed by atoms with van der Waals surface area (Å²) in [5, 5.41) is -0.523. The first kappa shape index (κ1) is 16.8. The van der Waals surface area contributed by atoms with Crippen LogP contribution in [0.25, 0.3) is 0 Å². The Morgan fingerprint density at radius 1 is 1.29 bits per heavy atom. The minimum Gasteiger partial charge on any atom is -0.380 e. The topological polar surface area (TPSA) is 81.4 Å². The molecule has 2 unspecified atom stereocenters. The van der Waals surface area contributed by atoms with Crippen molar-refractivity contribution in [2.75, 3.05) is 19.8 Å². The Kier molecular flexibility index (Phi) is 7.94. The lowest BCUT2D eigenvalue weighted by Crippen LogP contribution is -2.47. The predicted molar refractivity (Wildman–Crippen MR) is 70.3 cm³/mol. The minimum absolute atomic E-state index is 0.144. The average Bonchev–Trinajstić information content (AvgIpc) is 2.25. The van der Waals surface area contributed by atoms with Gasteiger partial charge in [0.15, 0.2) is 0 Å². The van der Waals surface area contributed by atoms with Crippen LogP contribution in [-0.2, 0) is 14.8 Å². The van der Waals surface area contributed by atoms with Crippen LogP contribution in [0.4, 0.5) is 0 Å². The quantitative estimate of drug-likeness (QED) is 0.644. The van der Waals surface area contributed by atoms with Crippen LogP contribution in [0.15, 0.2) is 0 Å². The number of hydrogen-bond acceptors (Lipinski definition) is 4. The second kappa shape index (κ2) is 8.02. The Morgan fingerprint density at radius 2 is 1.88 bits per heavy atom. The predicted octanol–water partition coefficient (Wildman–Crippen LogP) is 0.704. The Hall–Kier alpha value is -0.170. The third-order valence-corrected chi connectivity index (χ3v) is 4.81. The molecule has 6 heteroatoms. The van der Waals surface area contributed by atoms with Crippen molar-refractivity contribution in [1.82, 2.24) is 4.72 Å². The van der Waals surface area contributed by atoms with Crippen LogP contribution in [0.1, 0.15) is 34.1 Å². The zero-order chi connectivity index (χ0) is 13.5. The van der Waals surface area contributed by atoms with Gasteiger partial charge in [-0.15, -0.1) is 0 Å². The molecule has 0 saturated heterocycles. The monoisotopic (exact) mass is 266 g/mol. The number of nitrogens with two attached hydrogens (primary N) is 1. The summed E-state index contributed by atoms with van der Waals surface area (Å²) in [6.07, 6.45) is 0.519. The number of sulfonamides is 1. The number of rotatable bonds is 9. The summed E-state index contributed by atoms with van der Waals surface area (Å²) >= 11 is 0. The normalized spacial score (nSPS) is 16.1. The second-order valence-corrected chi connectivity index (χ2v) is 6.43. The van der Waals surface area contributed by atoms with Crippen molar-refractivity contribution in [2.24, 2.45) is 11.7 Å². The summed E-state index contributed by atoms with van der Waals surface area (Å²) in [7, 11) is -3.35. The molecule has 0 aromatic carbocycles. The average molecular weight is 266 g/mol. The van der Waals surface area contributed by atoms with E-state index in [4.69, 9.17) is 10.5 Å². The van der Waals surface area contributed by atoms with Crippen molar-refractivity contribution in [2.45, 2.75) is 45.4 Å². The molecule has 0 amide bonds. The molecule has 0 aromatic heterocycles. The van der Waals surface area contributed by atoms with Gasteiger partial charge >= 0.3 is 0 Å². The van der Waals surface area contributed by atoms with Crippen molar-refractivity contribution >= 4 is 10.0 Å². The van der Waals surface area contributed by atoms with E-state index < -0.39 is 15.3 Å². The Labute approximate surface area is 105 Å². The van der Waals surface area contributed by atoms with E-state index in [0.717, 1.165) is 0 Å².